The Hall–Kier alpha value is -1.81. The highest BCUT2D eigenvalue weighted by Gasteiger charge is 2.23. The maximum Gasteiger partial charge on any atom is 0.828 e. The second kappa shape index (κ2) is 5.04. The van der Waals surface area contributed by atoms with Crippen LogP contribution in [0.25, 0.3) is 0 Å². The number of oxime groups is 1. The summed E-state index contributed by atoms with van der Waals surface area (Å²) in [6, 6.07) is 8.53. The first-order chi connectivity index (χ1) is 6.68. The van der Waals surface area contributed by atoms with Crippen molar-refractivity contribution < 1.29 is 13.7 Å². The molecule has 74 valence electrons. The molecule has 14 heavy (non-hydrogen) atoms. The Kier molecular flexibility index (Phi) is 3.69. The fraction of sp³-hybridized carbons (Fsp3) is 0. The zero-order valence-electron chi connectivity index (χ0n) is 7.16. The highest BCUT2D eigenvalue weighted by atomic mass is 31.1. The standard InChI is InChI=1S/C7H9N3O3P/c8-7(9)10-13-14(11)12-6-4-2-1-3-5-6/h1-5H,(H4,8,9,10)/q+1. The molecule has 7 heteroatoms. The molecule has 0 aromatic heterocycles. The molecule has 1 unspecified atom stereocenters. The van der Waals surface area contributed by atoms with Crippen LogP contribution in [0.5, 0.6) is 5.75 Å². The van der Waals surface area contributed by atoms with E-state index >= 15 is 0 Å². The van der Waals surface area contributed by atoms with Gasteiger partial charge in [-0.15, -0.1) is 0 Å². The summed E-state index contributed by atoms with van der Waals surface area (Å²) in [5.41, 5.74) is 9.91. The first-order valence-electron chi connectivity index (χ1n) is 3.65. The van der Waals surface area contributed by atoms with Gasteiger partial charge >= 0.3 is 8.25 Å². The van der Waals surface area contributed by atoms with E-state index in [-0.39, 0.29) is 5.96 Å². The molecule has 6 nitrogen and oxygen atoms in total. The van der Waals surface area contributed by atoms with E-state index in [2.05, 4.69) is 9.78 Å². The number of hydrogen-bond donors (Lipinski definition) is 2. The van der Waals surface area contributed by atoms with Crippen molar-refractivity contribution in [3.63, 3.8) is 0 Å². The van der Waals surface area contributed by atoms with Crippen LogP contribution in [0, 0.1) is 0 Å². The molecule has 1 aromatic carbocycles. The number of rotatable bonds is 4. The lowest BCUT2D eigenvalue weighted by atomic mass is 10.3. The molecule has 1 atom stereocenters. The molecule has 0 aliphatic carbocycles. The van der Waals surface area contributed by atoms with Crippen LogP contribution in [0.2, 0.25) is 0 Å². The molecule has 0 heterocycles. The molecule has 0 saturated heterocycles. The summed E-state index contributed by atoms with van der Waals surface area (Å²) in [4.78, 5) is 0. The van der Waals surface area contributed by atoms with Gasteiger partial charge in [-0.3, -0.25) is 0 Å². The number of nitrogens with zero attached hydrogens (tertiary/aromatic N) is 1. The Morgan fingerprint density at radius 3 is 2.50 bits per heavy atom. The minimum absolute atomic E-state index is 0.315. The molecule has 0 aliphatic rings. The second-order valence-corrected chi connectivity index (χ2v) is 3.02. The number of para-hydroxylation sites is 1. The third-order valence-electron chi connectivity index (χ3n) is 1.14. The summed E-state index contributed by atoms with van der Waals surface area (Å²) in [6.07, 6.45) is 0. The highest BCUT2D eigenvalue weighted by molar-refractivity contribution is 7.33. The molecule has 1 rings (SSSR count). The van der Waals surface area contributed by atoms with Crippen molar-refractivity contribution in [1.82, 2.24) is 0 Å². The predicted molar refractivity (Wildman–Crippen MR) is 51.6 cm³/mol. The summed E-state index contributed by atoms with van der Waals surface area (Å²) >= 11 is 0. The monoisotopic (exact) mass is 214 g/mol. The average Bonchev–Trinajstić information content (AvgIpc) is 2.16. The predicted octanol–water partition coefficient (Wildman–Crippen LogP) is 0.928. The van der Waals surface area contributed by atoms with Crippen LogP contribution in [-0.4, -0.2) is 5.96 Å². The lowest BCUT2D eigenvalue weighted by Crippen LogP contribution is -2.22. The average molecular weight is 214 g/mol. The third kappa shape index (κ3) is 3.73. The molecular formula is C7H9N3O3P+. The minimum atomic E-state index is -2.39. The summed E-state index contributed by atoms with van der Waals surface area (Å²) < 4.78 is 20.2. The molecule has 4 N–H and O–H groups in total. The number of hydrogen-bond acceptors (Lipinski definition) is 4. The quantitative estimate of drug-likeness (QED) is 0.336. The molecule has 0 bridgehead atoms. The van der Waals surface area contributed by atoms with Gasteiger partial charge in [-0.05, 0) is 12.1 Å². The van der Waals surface area contributed by atoms with Gasteiger partial charge in [0.2, 0.25) is 5.96 Å². The van der Waals surface area contributed by atoms with Crippen LogP contribution in [0.1, 0.15) is 0 Å². The first kappa shape index (κ1) is 10.3. The molecule has 0 fully saturated rings. The Morgan fingerprint density at radius 1 is 1.29 bits per heavy atom. The summed E-state index contributed by atoms with van der Waals surface area (Å²) in [5, 5.41) is 3.08. The van der Waals surface area contributed by atoms with E-state index < -0.39 is 8.25 Å². The van der Waals surface area contributed by atoms with Crippen molar-refractivity contribution >= 4 is 14.2 Å². The van der Waals surface area contributed by atoms with E-state index in [1.54, 1.807) is 30.3 Å². The summed E-state index contributed by atoms with van der Waals surface area (Å²) in [5.74, 6) is 0.101. The van der Waals surface area contributed by atoms with Gasteiger partial charge in [0.1, 0.15) is 0 Å². The molecule has 0 aliphatic heterocycles. The van der Waals surface area contributed by atoms with Gasteiger partial charge in [0.05, 0.1) is 0 Å². The van der Waals surface area contributed by atoms with Crippen molar-refractivity contribution in [2.45, 2.75) is 0 Å². The Bertz CT molecular complexity index is 337. The lowest BCUT2D eigenvalue weighted by Gasteiger charge is -1.88. The van der Waals surface area contributed by atoms with E-state index in [4.69, 9.17) is 16.0 Å². The number of benzene rings is 1. The van der Waals surface area contributed by atoms with Crippen molar-refractivity contribution in [1.29, 1.82) is 0 Å². The van der Waals surface area contributed by atoms with Gasteiger partial charge in [0.15, 0.2) is 5.75 Å². The van der Waals surface area contributed by atoms with Crippen molar-refractivity contribution in [2.75, 3.05) is 0 Å². The molecular weight excluding hydrogens is 205 g/mol. The normalized spacial score (nSPS) is 10.1. The Labute approximate surface area is 81.4 Å². The topological polar surface area (TPSA) is 99.9 Å². The maximum absolute atomic E-state index is 11.0. The van der Waals surface area contributed by atoms with E-state index in [1.807, 2.05) is 0 Å². The Balaban J connectivity index is 2.46. The molecule has 0 radical (unpaired) electrons. The van der Waals surface area contributed by atoms with Crippen molar-refractivity contribution in [2.24, 2.45) is 16.6 Å². The van der Waals surface area contributed by atoms with Crippen LogP contribution in [0.3, 0.4) is 0 Å². The summed E-state index contributed by atoms with van der Waals surface area (Å²) in [6.45, 7) is 0. The van der Waals surface area contributed by atoms with Gasteiger partial charge in [0.25, 0.3) is 0 Å². The van der Waals surface area contributed by atoms with E-state index in [9.17, 15) is 4.57 Å². The van der Waals surface area contributed by atoms with Crippen LogP contribution >= 0.6 is 8.25 Å². The van der Waals surface area contributed by atoms with E-state index in [0.717, 1.165) is 0 Å². The van der Waals surface area contributed by atoms with Gasteiger partial charge in [-0.1, -0.05) is 22.8 Å². The maximum atomic E-state index is 11.0. The first-order valence-corrected chi connectivity index (χ1v) is 4.74. The second-order valence-electron chi connectivity index (χ2n) is 2.23. The van der Waals surface area contributed by atoms with Gasteiger partial charge in [-0.25, -0.2) is 4.52 Å². The number of nitrogens with two attached hydrogens (primary N) is 2. The van der Waals surface area contributed by atoms with Crippen LogP contribution < -0.4 is 16.0 Å². The largest absolute Gasteiger partial charge is 0.828 e. The van der Waals surface area contributed by atoms with Crippen LogP contribution in [-0.2, 0) is 9.19 Å². The van der Waals surface area contributed by atoms with Gasteiger partial charge in [0, 0.05) is 9.72 Å². The van der Waals surface area contributed by atoms with Crippen LogP contribution in [0.15, 0.2) is 35.5 Å². The third-order valence-corrected chi connectivity index (χ3v) is 1.71. The van der Waals surface area contributed by atoms with Crippen molar-refractivity contribution in [3.05, 3.63) is 30.3 Å². The summed E-state index contributed by atoms with van der Waals surface area (Å²) in [7, 11) is -2.39. The zero-order chi connectivity index (χ0) is 10.4. The zero-order valence-corrected chi connectivity index (χ0v) is 8.06. The highest BCUT2D eigenvalue weighted by Crippen LogP contribution is 2.27. The van der Waals surface area contributed by atoms with Gasteiger partial charge < -0.3 is 11.5 Å². The Morgan fingerprint density at radius 2 is 1.93 bits per heavy atom. The molecule has 0 saturated carbocycles. The van der Waals surface area contributed by atoms with E-state index in [1.165, 1.54) is 0 Å². The lowest BCUT2D eigenvalue weighted by molar-refractivity contribution is 0.301. The van der Waals surface area contributed by atoms with Crippen LogP contribution in [0.4, 0.5) is 0 Å². The molecule has 0 spiro atoms. The van der Waals surface area contributed by atoms with Gasteiger partial charge in [-0.2, -0.15) is 0 Å². The molecule has 0 amide bonds. The smallest absolute Gasteiger partial charge is 0.367 e. The minimum Gasteiger partial charge on any atom is -0.367 e. The number of guanidine groups is 1. The van der Waals surface area contributed by atoms with E-state index in [0.29, 0.717) is 5.75 Å². The fourth-order valence-corrected chi connectivity index (χ4v) is 1.15. The molecule has 1 aromatic rings. The fourth-order valence-electron chi connectivity index (χ4n) is 0.665. The SMILES string of the molecule is NC(N)=NO[P+](=O)Oc1ccccc1. The van der Waals surface area contributed by atoms with Crippen molar-refractivity contribution in [3.8, 4) is 5.75 Å².